The zero-order chi connectivity index (χ0) is 12.3. The van der Waals surface area contributed by atoms with E-state index in [1.54, 1.807) is 0 Å². The quantitative estimate of drug-likeness (QED) is 0.931. The SMILES string of the molecule is CNCCc1cc(Br)c2c(c1C)OCCCO2. The Morgan fingerprint density at radius 3 is 2.71 bits per heavy atom. The fraction of sp³-hybridized carbons (Fsp3) is 0.538. The Morgan fingerprint density at radius 1 is 1.29 bits per heavy atom. The molecule has 0 unspecified atom stereocenters. The van der Waals surface area contributed by atoms with Gasteiger partial charge < -0.3 is 14.8 Å². The van der Waals surface area contributed by atoms with Crippen LogP contribution in [0, 0.1) is 6.92 Å². The molecular weight excluding hydrogens is 282 g/mol. The van der Waals surface area contributed by atoms with Gasteiger partial charge in [0.25, 0.3) is 0 Å². The average molecular weight is 300 g/mol. The number of hydrogen-bond acceptors (Lipinski definition) is 3. The number of nitrogens with one attached hydrogen (secondary N) is 1. The van der Waals surface area contributed by atoms with Crippen LogP contribution in [0.3, 0.4) is 0 Å². The highest BCUT2D eigenvalue weighted by molar-refractivity contribution is 9.10. The molecule has 0 aromatic heterocycles. The largest absolute Gasteiger partial charge is 0.489 e. The monoisotopic (exact) mass is 299 g/mol. The van der Waals surface area contributed by atoms with E-state index in [0.29, 0.717) is 0 Å². The standard InChI is InChI=1S/C13H18BrNO2/c1-9-10(4-5-15-2)8-11(14)13-12(9)16-6-3-7-17-13/h8,15H,3-7H2,1-2H3. The molecule has 0 saturated heterocycles. The first-order chi connectivity index (χ1) is 8.24. The number of fused-ring (bicyclic) bond motifs is 1. The summed E-state index contributed by atoms with van der Waals surface area (Å²) in [4.78, 5) is 0. The summed E-state index contributed by atoms with van der Waals surface area (Å²) >= 11 is 3.57. The molecule has 1 aliphatic rings. The molecule has 0 amide bonds. The van der Waals surface area contributed by atoms with Crippen molar-refractivity contribution in [1.82, 2.24) is 5.32 Å². The van der Waals surface area contributed by atoms with Gasteiger partial charge in [-0.15, -0.1) is 0 Å². The van der Waals surface area contributed by atoms with Crippen LogP contribution < -0.4 is 14.8 Å². The van der Waals surface area contributed by atoms with Gasteiger partial charge in [0, 0.05) is 6.42 Å². The highest BCUT2D eigenvalue weighted by atomic mass is 79.9. The second kappa shape index (κ2) is 5.74. The lowest BCUT2D eigenvalue weighted by molar-refractivity contribution is 0.296. The summed E-state index contributed by atoms with van der Waals surface area (Å²) in [5.74, 6) is 1.76. The van der Waals surface area contributed by atoms with Gasteiger partial charge in [-0.2, -0.15) is 0 Å². The first kappa shape index (κ1) is 12.7. The van der Waals surface area contributed by atoms with E-state index in [4.69, 9.17) is 9.47 Å². The molecular formula is C13H18BrNO2. The second-order valence-electron chi connectivity index (χ2n) is 4.20. The van der Waals surface area contributed by atoms with Gasteiger partial charge in [0.2, 0.25) is 0 Å². The van der Waals surface area contributed by atoms with Gasteiger partial charge in [-0.1, -0.05) is 0 Å². The lowest BCUT2D eigenvalue weighted by Gasteiger charge is -2.15. The molecule has 3 nitrogen and oxygen atoms in total. The zero-order valence-corrected chi connectivity index (χ0v) is 11.9. The molecule has 0 aliphatic carbocycles. The molecule has 1 heterocycles. The number of likely N-dealkylation sites (N-methyl/N-ethyl adjacent to an activating group) is 1. The summed E-state index contributed by atoms with van der Waals surface area (Å²) in [6, 6.07) is 2.14. The highest BCUT2D eigenvalue weighted by Crippen LogP contribution is 2.41. The molecule has 0 saturated carbocycles. The molecule has 0 spiro atoms. The van der Waals surface area contributed by atoms with Crippen LogP contribution in [0.4, 0.5) is 0 Å². The minimum atomic E-state index is 0.723. The molecule has 0 bridgehead atoms. The number of benzene rings is 1. The van der Waals surface area contributed by atoms with Crippen LogP contribution in [-0.4, -0.2) is 26.8 Å². The van der Waals surface area contributed by atoms with Crippen molar-refractivity contribution in [2.45, 2.75) is 19.8 Å². The van der Waals surface area contributed by atoms with E-state index in [2.05, 4.69) is 34.2 Å². The third-order valence-electron chi connectivity index (χ3n) is 2.97. The Morgan fingerprint density at radius 2 is 2.00 bits per heavy atom. The number of hydrogen-bond donors (Lipinski definition) is 1. The van der Waals surface area contributed by atoms with Crippen LogP contribution in [-0.2, 0) is 6.42 Å². The van der Waals surface area contributed by atoms with Gasteiger partial charge in [0.15, 0.2) is 11.5 Å². The average Bonchev–Trinajstić information content (AvgIpc) is 2.58. The van der Waals surface area contributed by atoms with E-state index in [9.17, 15) is 0 Å². The molecule has 1 N–H and O–H groups in total. The predicted octanol–water partition coefficient (Wildman–Crippen LogP) is 2.68. The minimum absolute atomic E-state index is 0.723. The third kappa shape index (κ3) is 2.75. The van der Waals surface area contributed by atoms with E-state index >= 15 is 0 Å². The van der Waals surface area contributed by atoms with Crippen molar-refractivity contribution in [3.8, 4) is 11.5 Å². The van der Waals surface area contributed by atoms with Crippen LogP contribution in [0.15, 0.2) is 10.5 Å². The molecule has 1 aliphatic heterocycles. The summed E-state index contributed by atoms with van der Waals surface area (Å²) in [5.41, 5.74) is 2.50. The Bertz CT molecular complexity index is 407. The van der Waals surface area contributed by atoms with Crippen molar-refractivity contribution in [2.24, 2.45) is 0 Å². The van der Waals surface area contributed by atoms with E-state index in [0.717, 1.165) is 48.6 Å². The van der Waals surface area contributed by atoms with Crippen LogP contribution in [0.25, 0.3) is 0 Å². The van der Waals surface area contributed by atoms with E-state index < -0.39 is 0 Å². The molecule has 1 aromatic carbocycles. The lowest BCUT2D eigenvalue weighted by Crippen LogP contribution is -2.11. The Hall–Kier alpha value is -0.740. The Balaban J connectivity index is 2.38. The molecule has 17 heavy (non-hydrogen) atoms. The first-order valence-corrected chi connectivity index (χ1v) is 6.75. The zero-order valence-electron chi connectivity index (χ0n) is 10.3. The number of ether oxygens (including phenoxy) is 2. The summed E-state index contributed by atoms with van der Waals surface area (Å²) in [5, 5.41) is 3.17. The van der Waals surface area contributed by atoms with Crippen molar-refractivity contribution in [3.63, 3.8) is 0 Å². The van der Waals surface area contributed by atoms with Gasteiger partial charge in [0.1, 0.15) is 0 Å². The van der Waals surface area contributed by atoms with Gasteiger partial charge >= 0.3 is 0 Å². The Labute approximate surface area is 111 Å². The first-order valence-electron chi connectivity index (χ1n) is 5.96. The van der Waals surface area contributed by atoms with Gasteiger partial charge in [-0.25, -0.2) is 0 Å². The maximum Gasteiger partial charge on any atom is 0.175 e. The fourth-order valence-corrected chi connectivity index (χ4v) is 2.56. The fourth-order valence-electron chi connectivity index (χ4n) is 1.99. The summed E-state index contributed by atoms with van der Waals surface area (Å²) in [6.07, 6.45) is 1.93. The molecule has 0 radical (unpaired) electrons. The highest BCUT2D eigenvalue weighted by Gasteiger charge is 2.18. The van der Waals surface area contributed by atoms with Crippen LogP contribution in [0.2, 0.25) is 0 Å². The topological polar surface area (TPSA) is 30.5 Å². The summed E-state index contributed by atoms with van der Waals surface area (Å²) in [7, 11) is 1.97. The van der Waals surface area contributed by atoms with Crippen molar-refractivity contribution in [1.29, 1.82) is 0 Å². The maximum absolute atomic E-state index is 5.81. The van der Waals surface area contributed by atoms with Gasteiger partial charge in [-0.05, 0) is 60.1 Å². The summed E-state index contributed by atoms with van der Waals surface area (Å²) < 4.78 is 12.5. The summed E-state index contributed by atoms with van der Waals surface area (Å²) in [6.45, 7) is 4.52. The maximum atomic E-state index is 5.81. The molecule has 1 aromatic rings. The van der Waals surface area contributed by atoms with Crippen molar-refractivity contribution in [3.05, 3.63) is 21.7 Å². The molecule has 94 valence electrons. The normalized spacial score (nSPS) is 14.5. The van der Waals surface area contributed by atoms with Crippen LogP contribution in [0.1, 0.15) is 17.5 Å². The predicted molar refractivity (Wildman–Crippen MR) is 72.1 cm³/mol. The smallest absolute Gasteiger partial charge is 0.175 e. The third-order valence-corrected chi connectivity index (χ3v) is 3.56. The molecule has 2 rings (SSSR count). The Kier molecular flexibility index (Phi) is 4.29. The van der Waals surface area contributed by atoms with Crippen LogP contribution in [0.5, 0.6) is 11.5 Å². The molecule has 4 heteroatoms. The molecule has 0 fully saturated rings. The lowest BCUT2D eigenvalue weighted by atomic mass is 10.0. The van der Waals surface area contributed by atoms with E-state index in [-0.39, 0.29) is 0 Å². The van der Waals surface area contributed by atoms with E-state index in [1.807, 2.05) is 7.05 Å². The van der Waals surface area contributed by atoms with Crippen molar-refractivity contribution < 1.29 is 9.47 Å². The van der Waals surface area contributed by atoms with Gasteiger partial charge in [0.05, 0.1) is 17.7 Å². The van der Waals surface area contributed by atoms with Crippen molar-refractivity contribution >= 4 is 15.9 Å². The van der Waals surface area contributed by atoms with Crippen LogP contribution >= 0.6 is 15.9 Å². The molecule has 0 atom stereocenters. The van der Waals surface area contributed by atoms with Gasteiger partial charge in [-0.3, -0.25) is 0 Å². The van der Waals surface area contributed by atoms with E-state index in [1.165, 1.54) is 11.1 Å². The number of rotatable bonds is 3. The minimum Gasteiger partial charge on any atom is -0.489 e. The number of halogens is 1. The second-order valence-corrected chi connectivity index (χ2v) is 5.06. The van der Waals surface area contributed by atoms with Crippen molar-refractivity contribution in [2.75, 3.05) is 26.8 Å².